The van der Waals surface area contributed by atoms with Crippen molar-refractivity contribution in [2.75, 3.05) is 11.1 Å². The summed E-state index contributed by atoms with van der Waals surface area (Å²) in [6.07, 6.45) is 1.09. The molecule has 2 rings (SSSR count). The van der Waals surface area contributed by atoms with E-state index in [0.29, 0.717) is 29.8 Å². The second-order valence-corrected chi connectivity index (χ2v) is 5.42. The van der Waals surface area contributed by atoms with Gasteiger partial charge in [0, 0.05) is 17.7 Å². The van der Waals surface area contributed by atoms with Crippen molar-refractivity contribution in [2.45, 2.75) is 19.8 Å². The largest absolute Gasteiger partial charge is 0.477 e. The first kappa shape index (κ1) is 15.0. The highest BCUT2D eigenvalue weighted by atomic mass is 32.1. The molecule has 4 N–H and O–H groups in total. The Bertz CT molecular complexity index is 665. The number of carboxylic acid groups (broad SMARTS) is 1. The van der Waals surface area contributed by atoms with Crippen molar-refractivity contribution in [1.29, 1.82) is 0 Å². The summed E-state index contributed by atoms with van der Waals surface area (Å²) < 4.78 is 0. The number of nitrogens with two attached hydrogens (primary N) is 1. The highest BCUT2D eigenvalue weighted by Gasteiger charge is 2.19. The minimum absolute atomic E-state index is 0.0894. The number of carbonyl (C=O) groups excluding carboxylic acids is 1. The van der Waals surface area contributed by atoms with Crippen molar-refractivity contribution in [3.63, 3.8) is 0 Å². The van der Waals surface area contributed by atoms with Crippen molar-refractivity contribution in [3.05, 3.63) is 29.1 Å². The zero-order valence-corrected chi connectivity index (χ0v) is 12.2. The molecule has 0 fully saturated rings. The lowest BCUT2D eigenvalue weighted by molar-refractivity contribution is -0.116. The number of anilines is 2. The third-order valence-corrected chi connectivity index (χ3v) is 3.69. The van der Waals surface area contributed by atoms with Crippen LogP contribution in [0.5, 0.6) is 0 Å². The molecule has 0 saturated heterocycles. The van der Waals surface area contributed by atoms with Gasteiger partial charge in [0.05, 0.1) is 5.69 Å². The highest BCUT2D eigenvalue weighted by molar-refractivity contribution is 7.18. The first-order valence-electron chi connectivity index (χ1n) is 6.41. The van der Waals surface area contributed by atoms with E-state index < -0.39 is 5.97 Å². The number of nitrogen functional groups attached to an aromatic ring is 1. The molecule has 0 saturated carbocycles. The fourth-order valence-corrected chi connectivity index (χ4v) is 2.61. The summed E-state index contributed by atoms with van der Waals surface area (Å²) in [6, 6.07) is 6.76. The van der Waals surface area contributed by atoms with Gasteiger partial charge in [0.1, 0.15) is 4.88 Å². The van der Waals surface area contributed by atoms with Gasteiger partial charge in [-0.25, -0.2) is 9.78 Å². The Morgan fingerprint density at radius 3 is 2.57 bits per heavy atom. The maximum atomic E-state index is 11.6. The Hall–Kier alpha value is -2.41. The van der Waals surface area contributed by atoms with Crippen LogP contribution in [0.2, 0.25) is 0 Å². The molecule has 0 aliphatic rings. The van der Waals surface area contributed by atoms with Crippen LogP contribution < -0.4 is 11.1 Å². The van der Waals surface area contributed by atoms with Gasteiger partial charge in [0.15, 0.2) is 5.13 Å². The standard InChI is InChI=1S/C14H15N3O3S/c1-2-3-10(18)16-14-17-11(12(21-14)13(19)20)8-4-6-9(15)7-5-8/h4-7H,2-3,15H2,1H3,(H,19,20)(H,16,17,18). The van der Waals surface area contributed by atoms with Crippen LogP contribution in [-0.2, 0) is 4.79 Å². The molecule has 0 radical (unpaired) electrons. The molecule has 0 aliphatic heterocycles. The number of rotatable bonds is 5. The molecule has 6 nitrogen and oxygen atoms in total. The van der Waals surface area contributed by atoms with Crippen LogP contribution >= 0.6 is 11.3 Å². The molecular formula is C14H15N3O3S. The molecule has 0 unspecified atom stereocenters. The first-order valence-corrected chi connectivity index (χ1v) is 7.22. The van der Waals surface area contributed by atoms with Crippen LogP contribution in [0.4, 0.5) is 10.8 Å². The molecule has 21 heavy (non-hydrogen) atoms. The number of thiazole rings is 1. The average Bonchev–Trinajstić information content (AvgIpc) is 2.84. The fraction of sp³-hybridized carbons (Fsp3) is 0.214. The number of nitrogens with one attached hydrogen (secondary N) is 1. The van der Waals surface area contributed by atoms with Gasteiger partial charge in [-0.15, -0.1) is 0 Å². The summed E-state index contributed by atoms with van der Waals surface area (Å²) in [7, 11) is 0. The lowest BCUT2D eigenvalue weighted by atomic mass is 10.1. The van der Waals surface area contributed by atoms with Crippen LogP contribution in [0.15, 0.2) is 24.3 Å². The molecule has 1 heterocycles. The topological polar surface area (TPSA) is 105 Å². The lowest BCUT2D eigenvalue weighted by Gasteiger charge is -2.00. The summed E-state index contributed by atoms with van der Waals surface area (Å²) in [5.74, 6) is -1.25. The fourth-order valence-electron chi connectivity index (χ4n) is 1.76. The van der Waals surface area contributed by atoms with Crippen LogP contribution in [0, 0.1) is 0 Å². The number of nitrogens with zero attached hydrogens (tertiary/aromatic N) is 1. The van der Waals surface area contributed by atoms with Crippen LogP contribution in [0.3, 0.4) is 0 Å². The van der Waals surface area contributed by atoms with Gasteiger partial charge in [-0.05, 0) is 18.6 Å². The molecule has 0 aliphatic carbocycles. The van der Waals surface area contributed by atoms with E-state index in [1.807, 2.05) is 6.92 Å². The predicted octanol–water partition coefficient (Wildman–Crippen LogP) is 2.83. The van der Waals surface area contributed by atoms with Gasteiger partial charge in [-0.1, -0.05) is 30.4 Å². The quantitative estimate of drug-likeness (QED) is 0.737. The zero-order valence-electron chi connectivity index (χ0n) is 11.4. The first-order chi connectivity index (χ1) is 10.0. The summed E-state index contributed by atoms with van der Waals surface area (Å²) >= 11 is 0.947. The lowest BCUT2D eigenvalue weighted by Crippen LogP contribution is -2.10. The molecule has 0 atom stereocenters. The normalized spacial score (nSPS) is 10.3. The van der Waals surface area contributed by atoms with E-state index in [-0.39, 0.29) is 15.9 Å². The third kappa shape index (κ3) is 3.57. The van der Waals surface area contributed by atoms with Crippen LogP contribution in [0.25, 0.3) is 11.3 Å². The van der Waals surface area contributed by atoms with Crippen LogP contribution in [-0.4, -0.2) is 22.0 Å². The maximum Gasteiger partial charge on any atom is 0.348 e. The molecule has 7 heteroatoms. The Labute approximate surface area is 125 Å². The SMILES string of the molecule is CCCC(=O)Nc1nc(-c2ccc(N)cc2)c(C(=O)O)s1. The summed E-state index contributed by atoms with van der Waals surface area (Å²) in [6.45, 7) is 1.89. The molecular weight excluding hydrogens is 290 g/mol. The second kappa shape index (κ2) is 6.36. The van der Waals surface area contributed by atoms with E-state index in [0.717, 1.165) is 11.3 Å². The third-order valence-electron chi connectivity index (χ3n) is 2.73. The van der Waals surface area contributed by atoms with E-state index >= 15 is 0 Å². The number of carboxylic acids is 1. The van der Waals surface area contributed by atoms with Gasteiger partial charge in [-0.2, -0.15) is 0 Å². The summed E-state index contributed by atoms with van der Waals surface area (Å²) in [5.41, 5.74) is 7.18. The van der Waals surface area contributed by atoms with Crippen LogP contribution in [0.1, 0.15) is 29.4 Å². The molecule has 1 amide bonds. The van der Waals surface area contributed by atoms with E-state index in [9.17, 15) is 14.7 Å². The summed E-state index contributed by atoms with van der Waals surface area (Å²) in [5, 5.41) is 12.2. The van der Waals surface area contributed by atoms with Gasteiger partial charge in [0.2, 0.25) is 5.91 Å². The van der Waals surface area contributed by atoms with Crippen molar-refractivity contribution in [1.82, 2.24) is 4.98 Å². The minimum Gasteiger partial charge on any atom is -0.477 e. The van der Waals surface area contributed by atoms with Gasteiger partial charge < -0.3 is 16.2 Å². The number of benzene rings is 1. The molecule has 1 aromatic heterocycles. The van der Waals surface area contributed by atoms with E-state index in [4.69, 9.17) is 5.73 Å². The highest BCUT2D eigenvalue weighted by Crippen LogP contribution is 2.31. The number of hydrogen-bond donors (Lipinski definition) is 3. The number of aromatic nitrogens is 1. The van der Waals surface area contributed by atoms with Crippen molar-refractivity contribution in [3.8, 4) is 11.3 Å². The van der Waals surface area contributed by atoms with Gasteiger partial charge in [-0.3, -0.25) is 4.79 Å². The number of amides is 1. The Kier molecular flexibility index (Phi) is 4.54. The maximum absolute atomic E-state index is 11.6. The molecule has 110 valence electrons. The smallest absolute Gasteiger partial charge is 0.348 e. The molecule has 0 bridgehead atoms. The monoisotopic (exact) mass is 305 g/mol. The molecule has 0 spiro atoms. The van der Waals surface area contributed by atoms with Crippen molar-refractivity contribution >= 4 is 34.0 Å². The zero-order chi connectivity index (χ0) is 15.4. The number of aromatic carboxylic acids is 1. The molecule has 1 aromatic carbocycles. The van der Waals surface area contributed by atoms with E-state index in [2.05, 4.69) is 10.3 Å². The van der Waals surface area contributed by atoms with Gasteiger partial charge >= 0.3 is 5.97 Å². The summed E-state index contributed by atoms with van der Waals surface area (Å²) in [4.78, 5) is 27.2. The van der Waals surface area contributed by atoms with E-state index in [1.165, 1.54) is 0 Å². The Morgan fingerprint density at radius 2 is 2.00 bits per heavy atom. The number of carbonyl (C=O) groups is 2. The van der Waals surface area contributed by atoms with Crippen molar-refractivity contribution in [2.24, 2.45) is 0 Å². The number of hydrogen-bond acceptors (Lipinski definition) is 5. The van der Waals surface area contributed by atoms with E-state index in [1.54, 1.807) is 24.3 Å². The average molecular weight is 305 g/mol. The van der Waals surface area contributed by atoms with Crippen molar-refractivity contribution < 1.29 is 14.7 Å². The molecule has 2 aromatic rings. The Balaban J connectivity index is 2.36. The second-order valence-electron chi connectivity index (χ2n) is 4.42. The Morgan fingerprint density at radius 1 is 1.33 bits per heavy atom. The predicted molar refractivity (Wildman–Crippen MR) is 82.5 cm³/mol. The minimum atomic E-state index is -1.07. The van der Waals surface area contributed by atoms with Gasteiger partial charge in [0.25, 0.3) is 0 Å².